The molecule has 2 aromatic rings. The van der Waals surface area contributed by atoms with E-state index in [4.69, 9.17) is 9.73 Å². The van der Waals surface area contributed by atoms with Gasteiger partial charge in [0, 0.05) is 32.4 Å². The zero-order chi connectivity index (χ0) is 21.3. The Morgan fingerprint density at radius 3 is 2.70 bits per heavy atom. The second-order valence-corrected chi connectivity index (χ2v) is 8.04. The Hall–Kier alpha value is -2.60. The number of nitrogens with zero attached hydrogens (tertiary/aromatic N) is 3. The number of ether oxygens (including phenoxy) is 1. The van der Waals surface area contributed by atoms with Crippen molar-refractivity contribution in [1.82, 2.24) is 15.6 Å². The van der Waals surface area contributed by atoms with E-state index < -0.39 is 0 Å². The molecule has 6 nitrogen and oxygen atoms in total. The average molecular weight is 410 g/mol. The fraction of sp³-hybridized carbons (Fsp3) is 0.500. The minimum absolute atomic E-state index is 0.251. The average Bonchev–Trinajstić information content (AvgIpc) is 2.76. The highest BCUT2D eigenvalue weighted by atomic mass is 16.5. The number of hydrogen-bond donors (Lipinski definition) is 2. The van der Waals surface area contributed by atoms with Crippen molar-refractivity contribution < 1.29 is 4.74 Å². The van der Waals surface area contributed by atoms with Crippen LogP contribution in [0.4, 0.5) is 5.82 Å². The van der Waals surface area contributed by atoms with Crippen LogP contribution in [0.25, 0.3) is 0 Å². The van der Waals surface area contributed by atoms with Gasteiger partial charge in [-0.2, -0.15) is 0 Å². The normalized spacial score (nSPS) is 18.2. The summed E-state index contributed by atoms with van der Waals surface area (Å²) in [6.07, 6.45) is 2.18. The molecule has 0 aliphatic carbocycles. The molecular weight excluding hydrogens is 374 g/mol. The summed E-state index contributed by atoms with van der Waals surface area (Å²) < 4.78 is 5.61. The summed E-state index contributed by atoms with van der Waals surface area (Å²) in [6.45, 7) is 13.3. The van der Waals surface area contributed by atoms with E-state index in [1.54, 1.807) is 0 Å². The molecular formula is C24H35N5O. The molecule has 2 N–H and O–H groups in total. The van der Waals surface area contributed by atoms with E-state index in [0.29, 0.717) is 12.5 Å². The second kappa shape index (κ2) is 11.0. The first kappa shape index (κ1) is 22.1. The maximum absolute atomic E-state index is 5.61. The number of benzene rings is 1. The number of morpholine rings is 1. The zero-order valence-electron chi connectivity index (χ0n) is 18.7. The molecule has 1 saturated heterocycles. The Morgan fingerprint density at radius 1 is 1.23 bits per heavy atom. The van der Waals surface area contributed by atoms with Crippen LogP contribution in [0.3, 0.4) is 0 Å². The molecule has 30 heavy (non-hydrogen) atoms. The Bertz CT molecular complexity index is 803. The molecule has 2 unspecified atom stereocenters. The third kappa shape index (κ3) is 6.46. The third-order valence-corrected chi connectivity index (χ3v) is 5.36. The number of hydrogen-bond acceptors (Lipinski definition) is 4. The third-order valence-electron chi connectivity index (χ3n) is 5.36. The molecule has 1 aliphatic rings. The van der Waals surface area contributed by atoms with E-state index in [2.05, 4.69) is 84.6 Å². The van der Waals surface area contributed by atoms with Crippen molar-refractivity contribution in [1.29, 1.82) is 0 Å². The monoisotopic (exact) mass is 409 g/mol. The van der Waals surface area contributed by atoms with Crippen molar-refractivity contribution >= 4 is 11.8 Å². The topological polar surface area (TPSA) is 61.8 Å². The van der Waals surface area contributed by atoms with E-state index in [0.717, 1.165) is 50.1 Å². The van der Waals surface area contributed by atoms with E-state index in [9.17, 15) is 0 Å². The molecule has 0 saturated carbocycles. The van der Waals surface area contributed by atoms with Crippen molar-refractivity contribution in [3.63, 3.8) is 0 Å². The van der Waals surface area contributed by atoms with Crippen LogP contribution in [0.2, 0.25) is 0 Å². The summed E-state index contributed by atoms with van der Waals surface area (Å²) >= 11 is 0. The molecule has 0 amide bonds. The van der Waals surface area contributed by atoms with E-state index in [1.807, 2.05) is 6.20 Å². The van der Waals surface area contributed by atoms with Crippen LogP contribution in [0.15, 0.2) is 47.6 Å². The largest absolute Gasteiger partial charge is 0.375 e. The van der Waals surface area contributed by atoms with Crippen molar-refractivity contribution in [2.75, 3.05) is 37.7 Å². The van der Waals surface area contributed by atoms with Crippen LogP contribution >= 0.6 is 0 Å². The van der Waals surface area contributed by atoms with Crippen LogP contribution in [-0.4, -0.2) is 49.8 Å². The van der Waals surface area contributed by atoms with Crippen LogP contribution in [0.1, 0.15) is 43.4 Å². The number of aliphatic imine (C=N–C) groups is 1. The van der Waals surface area contributed by atoms with Gasteiger partial charge in [-0.1, -0.05) is 42.8 Å². The first-order chi connectivity index (χ1) is 14.5. The standard InChI is InChI=1S/C24H35N5O/c1-5-25-24(27-14-19(3)22-9-6-18(2)7-10-22)28-16-21-8-11-23(26-15-21)29-12-13-30-20(4)17-29/h6-11,15,19-20H,5,12-14,16-17H2,1-4H3,(H2,25,27,28). The van der Waals surface area contributed by atoms with Gasteiger partial charge in [-0.15, -0.1) is 0 Å². The van der Waals surface area contributed by atoms with Gasteiger partial charge in [-0.25, -0.2) is 9.98 Å². The van der Waals surface area contributed by atoms with Gasteiger partial charge >= 0.3 is 0 Å². The minimum atomic E-state index is 0.251. The number of nitrogens with one attached hydrogen (secondary N) is 2. The quantitative estimate of drug-likeness (QED) is 0.542. The lowest BCUT2D eigenvalue weighted by Gasteiger charge is -2.32. The van der Waals surface area contributed by atoms with Gasteiger partial charge in [0.05, 0.1) is 19.3 Å². The Labute approximate surface area is 180 Å². The van der Waals surface area contributed by atoms with E-state index in [-0.39, 0.29) is 6.10 Å². The van der Waals surface area contributed by atoms with Crippen LogP contribution in [0.5, 0.6) is 0 Å². The van der Waals surface area contributed by atoms with E-state index >= 15 is 0 Å². The molecule has 1 aromatic carbocycles. The number of pyridine rings is 1. The van der Waals surface area contributed by atoms with Gasteiger partial charge < -0.3 is 20.3 Å². The van der Waals surface area contributed by atoms with Gasteiger partial charge in [-0.3, -0.25) is 0 Å². The van der Waals surface area contributed by atoms with Crippen LogP contribution in [0, 0.1) is 6.92 Å². The first-order valence-electron chi connectivity index (χ1n) is 11.0. The molecule has 0 spiro atoms. The van der Waals surface area contributed by atoms with Crippen molar-refractivity contribution in [2.45, 2.75) is 46.3 Å². The molecule has 6 heteroatoms. The first-order valence-corrected chi connectivity index (χ1v) is 11.0. The SMILES string of the molecule is CCNC(=NCc1ccc(N2CCOC(C)C2)nc1)NCC(C)c1ccc(C)cc1. The summed E-state index contributed by atoms with van der Waals surface area (Å²) in [5.41, 5.74) is 3.72. The van der Waals surface area contributed by atoms with Gasteiger partial charge in [0.15, 0.2) is 5.96 Å². The summed E-state index contributed by atoms with van der Waals surface area (Å²) in [4.78, 5) is 11.7. The molecule has 1 aliphatic heterocycles. The van der Waals surface area contributed by atoms with Crippen LogP contribution in [-0.2, 0) is 11.3 Å². The van der Waals surface area contributed by atoms with Crippen LogP contribution < -0.4 is 15.5 Å². The lowest BCUT2D eigenvalue weighted by atomic mass is 10.0. The second-order valence-electron chi connectivity index (χ2n) is 8.04. The summed E-state index contributed by atoms with van der Waals surface area (Å²) in [7, 11) is 0. The molecule has 2 atom stereocenters. The highest BCUT2D eigenvalue weighted by Gasteiger charge is 2.17. The maximum atomic E-state index is 5.61. The Balaban J connectivity index is 1.55. The molecule has 1 aromatic heterocycles. The van der Waals surface area contributed by atoms with Gasteiger partial charge in [0.1, 0.15) is 5.82 Å². The highest BCUT2D eigenvalue weighted by Crippen LogP contribution is 2.16. The lowest BCUT2D eigenvalue weighted by Crippen LogP contribution is -2.41. The number of anilines is 1. The smallest absolute Gasteiger partial charge is 0.191 e. The van der Waals surface area contributed by atoms with E-state index in [1.165, 1.54) is 11.1 Å². The summed E-state index contributed by atoms with van der Waals surface area (Å²) in [5, 5.41) is 6.80. The number of aromatic nitrogens is 1. The number of aryl methyl sites for hydroxylation is 1. The number of rotatable bonds is 7. The van der Waals surface area contributed by atoms with Crippen molar-refractivity contribution in [3.05, 3.63) is 59.3 Å². The summed E-state index contributed by atoms with van der Waals surface area (Å²) in [5.74, 6) is 2.25. The van der Waals surface area contributed by atoms with Crippen molar-refractivity contribution in [2.24, 2.45) is 4.99 Å². The molecule has 3 rings (SSSR count). The lowest BCUT2D eigenvalue weighted by molar-refractivity contribution is 0.0529. The van der Waals surface area contributed by atoms with Gasteiger partial charge in [0.25, 0.3) is 0 Å². The maximum Gasteiger partial charge on any atom is 0.191 e. The Morgan fingerprint density at radius 2 is 2.03 bits per heavy atom. The highest BCUT2D eigenvalue weighted by molar-refractivity contribution is 5.79. The molecule has 2 heterocycles. The zero-order valence-corrected chi connectivity index (χ0v) is 18.7. The fourth-order valence-corrected chi connectivity index (χ4v) is 3.50. The van der Waals surface area contributed by atoms with Gasteiger partial charge in [-0.05, 0) is 43.9 Å². The predicted octanol–water partition coefficient (Wildman–Crippen LogP) is 3.47. The summed E-state index contributed by atoms with van der Waals surface area (Å²) in [6, 6.07) is 12.9. The van der Waals surface area contributed by atoms with Crippen molar-refractivity contribution in [3.8, 4) is 0 Å². The molecule has 0 bridgehead atoms. The Kier molecular flexibility index (Phi) is 8.08. The molecule has 1 fully saturated rings. The molecule has 0 radical (unpaired) electrons. The minimum Gasteiger partial charge on any atom is -0.375 e. The predicted molar refractivity (Wildman–Crippen MR) is 124 cm³/mol. The number of guanidine groups is 1. The van der Waals surface area contributed by atoms with Gasteiger partial charge in [0.2, 0.25) is 0 Å². The fourth-order valence-electron chi connectivity index (χ4n) is 3.50. The molecule has 162 valence electrons.